The molecule has 1 aromatic rings. The van der Waals surface area contributed by atoms with Gasteiger partial charge >= 0.3 is 0 Å². The quantitative estimate of drug-likeness (QED) is 0.792. The summed E-state index contributed by atoms with van der Waals surface area (Å²) in [5.74, 6) is 1.36. The summed E-state index contributed by atoms with van der Waals surface area (Å²) >= 11 is 0. The van der Waals surface area contributed by atoms with E-state index in [1.54, 1.807) is 0 Å². The summed E-state index contributed by atoms with van der Waals surface area (Å²) < 4.78 is 0. The van der Waals surface area contributed by atoms with Gasteiger partial charge in [0.15, 0.2) is 0 Å². The van der Waals surface area contributed by atoms with Crippen LogP contribution in [0.4, 0.5) is 17.3 Å². The predicted molar refractivity (Wildman–Crippen MR) is 72.0 cm³/mol. The number of rotatable bonds is 2. The molecule has 4 N–H and O–H groups in total. The molecule has 0 saturated carbocycles. The van der Waals surface area contributed by atoms with E-state index < -0.39 is 0 Å². The molecule has 0 radical (unpaired) electrons. The molecule has 0 aromatic carbocycles. The zero-order chi connectivity index (χ0) is 12.4. The maximum atomic E-state index is 5.75. The molecule has 1 unspecified atom stereocenters. The Morgan fingerprint density at radius 1 is 1.35 bits per heavy atom. The zero-order valence-electron chi connectivity index (χ0n) is 10.6. The Morgan fingerprint density at radius 3 is 2.76 bits per heavy atom. The summed E-state index contributed by atoms with van der Waals surface area (Å²) in [7, 11) is 2.18. The van der Waals surface area contributed by atoms with Crippen molar-refractivity contribution in [2.24, 2.45) is 0 Å². The molecule has 94 valence electrons. The van der Waals surface area contributed by atoms with E-state index in [0.717, 1.165) is 31.9 Å². The molecule has 0 bridgehead atoms. The van der Waals surface area contributed by atoms with E-state index in [9.17, 15) is 0 Å². The minimum absolute atomic E-state index is 0.425. The van der Waals surface area contributed by atoms with Crippen LogP contribution in [0.15, 0.2) is 12.1 Å². The summed E-state index contributed by atoms with van der Waals surface area (Å²) in [6.07, 6.45) is 1.15. The first-order valence-corrected chi connectivity index (χ1v) is 6.09. The van der Waals surface area contributed by atoms with Crippen molar-refractivity contribution >= 4 is 17.3 Å². The second-order valence-corrected chi connectivity index (χ2v) is 4.63. The van der Waals surface area contributed by atoms with Gasteiger partial charge in [-0.05, 0) is 25.6 Å². The van der Waals surface area contributed by atoms with E-state index in [1.165, 1.54) is 0 Å². The van der Waals surface area contributed by atoms with Gasteiger partial charge in [-0.3, -0.25) is 4.90 Å². The molecule has 1 saturated heterocycles. The third kappa shape index (κ3) is 2.44. The highest BCUT2D eigenvalue weighted by molar-refractivity contribution is 5.62. The predicted octanol–water partition coefficient (Wildman–Crippen LogP) is 0.776. The van der Waals surface area contributed by atoms with Crippen LogP contribution in [0.2, 0.25) is 0 Å². The Balaban J connectivity index is 2.14. The normalized spacial score (nSPS) is 21.8. The van der Waals surface area contributed by atoms with Crippen molar-refractivity contribution < 1.29 is 0 Å². The Bertz CT molecular complexity index is 392. The Hall–Kier alpha value is -1.49. The number of hydrogen-bond acceptors (Lipinski definition) is 5. The van der Waals surface area contributed by atoms with Crippen LogP contribution in [0.1, 0.15) is 13.3 Å². The second-order valence-electron chi connectivity index (χ2n) is 4.63. The monoisotopic (exact) mass is 235 g/mol. The molecule has 2 heterocycles. The summed E-state index contributed by atoms with van der Waals surface area (Å²) in [4.78, 5) is 9.03. The molecule has 1 atom stereocenters. The van der Waals surface area contributed by atoms with Crippen molar-refractivity contribution in [3.8, 4) is 0 Å². The van der Waals surface area contributed by atoms with Crippen LogP contribution in [0, 0.1) is 0 Å². The lowest BCUT2D eigenvalue weighted by Gasteiger charge is -2.39. The number of pyridine rings is 1. The van der Waals surface area contributed by atoms with Gasteiger partial charge in [-0.2, -0.15) is 0 Å². The summed E-state index contributed by atoms with van der Waals surface area (Å²) in [6.45, 7) is 5.27. The molecule has 1 fully saturated rings. The Kier molecular flexibility index (Phi) is 3.38. The van der Waals surface area contributed by atoms with Gasteiger partial charge in [0.1, 0.15) is 11.6 Å². The van der Waals surface area contributed by atoms with Crippen molar-refractivity contribution in [2.75, 3.05) is 43.0 Å². The van der Waals surface area contributed by atoms with Gasteiger partial charge in [0, 0.05) is 25.7 Å². The fourth-order valence-electron chi connectivity index (χ4n) is 2.25. The number of piperazine rings is 1. The number of hydrogen-bond donors (Lipinski definition) is 2. The average Bonchev–Trinajstić information content (AvgIpc) is 2.33. The van der Waals surface area contributed by atoms with Gasteiger partial charge in [-0.25, -0.2) is 4.98 Å². The third-order valence-corrected chi connectivity index (χ3v) is 3.52. The maximum Gasteiger partial charge on any atom is 0.149 e. The van der Waals surface area contributed by atoms with Crippen LogP contribution >= 0.6 is 0 Å². The zero-order valence-corrected chi connectivity index (χ0v) is 10.6. The van der Waals surface area contributed by atoms with Gasteiger partial charge in [-0.15, -0.1) is 0 Å². The first-order chi connectivity index (χ1) is 8.11. The van der Waals surface area contributed by atoms with Crippen LogP contribution in [-0.4, -0.2) is 42.6 Å². The van der Waals surface area contributed by atoms with Gasteiger partial charge < -0.3 is 16.4 Å². The number of anilines is 3. The molecule has 5 heteroatoms. The van der Waals surface area contributed by atoms with Crippen LogP contribution in [0.5, 0.6) is 0 Å². The van der Waals surface area contributed by atoms with Crippen molar-refractivity contribution in [3.05, 3.63) is 12.1 Å². The van der Waals surface area contributed by atoms with Crippen molar-refractivity contribution in [2.45, 2.75) is 19.4 Å². The summed E-state index contributed by atoms with van der Waals surface area (Å²) in [6, 6.07) is 4.37. The second kappa shape index (κ2) is 4.79. The van der Waals surface area contributed by atoms with Gasteiger partial charge in [0.2, 0.25) is 0 Å². The average molecular weight is 235 g/mol. The fourth-order valence-corrected chi connectivity index (χ4v) is 2.25. The van der Waals surface area contributed by atoms with Crippen LogP contribution in [0.25, 0.3) is 0 Å². The molecule has 1 aliphatic heterocycles. The molecule has 2 rings (SSSR count). The topological polar surface area (TPSA) is 71.4 Å². The lowest BCUT2D eigenvalue weighted by molar-refractivity contribution is 0.213. The van der Waals surface area contributed by atoms with Gasteiger partial charge in [0.25, 0.3) is 0 Å². The van der Waals surface area contributed by atoms with Crippen LogP contribution in [0.3, 0.4) is 0 Å². The highest BCUT2D eigenvalue weighted by Crippen LogP contribution is 2.21. The molecule has 0 spiro atoms. The van der Waals surface area contributed by atoms with Crippen molar-refractivity contribution in [1.82, 2.24) is 9.88 Å². The molecular weight excluding hydrogens is 214 g/mol. The van der Waals surface area contributed by atoms with E-state index >= 15 is 0 Å². The Labute approximate surface area is 102 Å². The molecule has 1 aromatic heterocycles. The lowest BCUT2D eigenvalue weighted by Crippen LogP contribution is -2.51. The first-order valence-electron chi connectivity index (χ1n) is 6.09. The number of aromatic nitrogens is 1. The number of nitrogen functional groups attached to an aromatic ring is 2. The van der Waals surface area contributed by atoms with Crippen molar-refractivity contribution in [1.29, 1.82) is 0 Å². The molecular formula is C12H21N5. The summed E-state index contributed by atoms with van der Waals surface area (Å²) in [5, 5.41) is 0. The van der Waals surface area contributed by atoms with E-state index in [1.807, 2.05) is 12.1 Å². The van der Waals surface area contributed by atoms with E-state index in [-0.39, 0.29) is 0 Å². The molecule has 0 amide bonds. The third-order valence-electron chi connectivity index (χ3n) is 3.52. The molecule has 17 heavy (non-hydrogen) atoms. The largest absolute Gasteiger partial charge is 0.396 e. The number of nitrogens with zero attached hydrogens (tertiary/aromatic N) is 3. The van der Waals surface area contributed by atoms with Gasteiger partial charge in [0.05, 0.1) is 5.69 Å². The first kappa shape index (κ1) is 12.0. The molecule has 0 aliphatic carbocycles. The smallest absolute Gasteiger partial charge is 0.149 e. The highest BCUT2D eigenvalue weighted by atomic mass is 15.3. The minimum Gasteiger partial charge on any atom is -0.396 e. The van der Waals surface area contributed by atoms with E-state index in [0.29, 0.717) is 17.5 Å². The highest BCUT2D eigenvalue weighted by Gasteiger charge is 2.23. The Morgan fingerprint density at radius 2 is 2.12 bits per heavy atom. The summed E-state index contributed by atoms with van der Waals surface area (Å²) in [5.41, 5.74) is 12.0. The molecule has 5 nitrogen and oxygen atoms in total. The lowest BCUT2D eigenvalue weighted by atomic mass is 10.1. The van der Waals surface area contributed by atoms with E-state index in [4.69, 9.17) is 11.5 Å². The van der Waals surface area contributed by atoms with Crippen LogP contribution < -0.4 is 16.4 Å². The molecule has 1 aliphatic rings. The fraction of sp³-hybridized carbons (Fsp3) is 0.583. The minimum atomic E-state index is 0.425. The number of likely N-dealkylation sites (N-methyl/N-ethyl adjacent to an activating group) is 1. The standard InChI is InChI=1S/C12H21N5/c1-3-9-8-17(7-6-16(9)2)11-5-4-10(13)12(14)15-11/h4-5,9H,3,6-8,13H2,1-2H3,(H2,14,15). The SMILES string of the molecule is CCC1CN(c2ccc(N)c(N)n2)CCN1C. The van der Waals surface area contributed by atoms with Gasteiger partial charge in [-0.1, -0.05) is 6.92 Å². The van der Waals surface area contributed by atoms with E-state index in [2.05, 4.69) is 28.8 Å². The maximum absolute atomic E-state index is 5.75. The van der Waals surface area contributed by atoms with Crippen LogP contribution in [-0.2, 0) is 0 Å². The number of nitrogens with two attached hydrogens (primary N) is 2. The van der Waals surface area contributed by atoms with Crippen molar-refractivity contribution in [3.63, 3.8) is 0 Å².